The van der Waals surface area contributed by atoms with Crippen molar-refractivity contribution < 1.29 is 32.3 Å². The molecule has 3 N–H and O–H groups in total. The SMILES string of the molecule is O=C(O)C(F)(F)F.O=C1Nc2ccc(F)cc2C12NN=C(c1ccc(Br)cc1)S2. The second-order valence-corrected chi connectivity index (χ2v) is 7.88. The number of alkyl halides is 3. The Kier molecular flexibility index (Phi) is 5.59. The van der Waals surface area contributed by atoms with Crippen molar-refractivity contribution in [1.82, 2.24) is 5.43 Å². The van der Waals surface area contributed by atoms with Crippen LogP contribution in [0.4, 0.5) is 23.2 Å². The van der Waals surface area contributed by atoms with Crippen molar-refractivity contribution in [2.24, 2.45) is 5.10 Å². The lowest BCUT2D eigenvalue weighted by atomic mass is 10.1. The lowest BCUT2D eigenvalue weighted by molar-refractivity contribution is -0.192. The van der Waals surface area contributed by atoms with E-state index in [-0.39, 0.29) is 11.7 Å². The summed E-state index contributed by atoms with van der Waals surface area (Å²) < 4.78 is 46.3. The number of hydrazone groups is 1. The van der Waals surface area contributed by atoms with Crippen molar-refractivity contribution in [3.63, 3.8) is 0 Å². The van der Waals surface area contributed by atoms with Gasteiger partial charge in [0.25, 0.3) is 5.91 Å². The first-order valence-corrected chi connectivity index (χ1v) is 9.35. The minimum absolute atomic E-state index is 0.242. The molecule has 152 valence electrons. The van der Waals surface area contributed by atoms with Gasteiger partial charge >= 0.3 is 12.1 Å². The molecule has 2 aromatic carbocycles. The average molecular weight is 492 g/mol. The summed E-state index contributed by atoms with van der Waals surface area (Å²) in [6.45, 7) is 0. The highest BCUT2D eigenvalue weighted by Gasteiger charge is 2.52. The lowest BCUT2D eigenvalue weighted by Crippen LogP contribution is -2.39. The van der Waals surface area contributed by atoms with Crippen LogP contribution in [-0.4, -0.2) is 28.2 Å². The average Bonchev–Trinajstić information content (AvgIpc) is 3.20. The highest BCUT2D eigenvalue weighted by Crippen LogP contribution is 2.48. The molecule has 0 saturated heterocycles. The molecule has 6 nitrogen and oxygen atoms in total. The molecule has 2 aliphatic rings. The number of benzene rings is 2. The Bertz CT molecular complexity index is 1010. The number of thioether (sulfide) groups is 1. The highest BCUT2D eigenvalue weighted by molar-refractivity contribution is 9.10. The van der Waals surface area contributed by atoms with Gasteiger partial charge in [0.05, 0.1) is 0 Å². The fourth-order valence-electron chi connectivity index (χ4n) is 2.50. The van der Waals surface area contributed by atoms with Crippen LogP contribution in [0.25, 0.3) is 0 Å². The van der Waals surface area contributed by atoms with Crippen LogP contribution in [-0.2, 0) is 14.5 Å². The van der Waals surface area contributed by atoms with Crippen molar-refractivity contribution in [2.45, 2.75) is 11.0 Å². The molecule has 29 heavy (non-hydrogen) atoms. The van der Waals surface area contributed by atoms with Gasteiger partial charge in [0.2, 0.25) is 4.87 Å². The quantitative estimate of drug-likeness (QED) is 0.524. The summed E-state index contributed by atoms with van der Waals surface area (Å²) in [5.74, 6) is -3.38. The molecule has 0 radical (unpaired) electrons. The molecule has 0 aromatic heterocycles. The third kappa shape index (κ3) is 4.22. The van der Waals surface area contributed by atoms with Crippen LogP contribution < -0.4 is 10.7 Å². The number of hydrogen-bond donors (Lipinski definition) is 3. The standard InChI is InChI=1S/C15H9BrFN3OS.C2HF3O2/c16-9-3-1-8(2-4-9)13-19-20-15(22-13)11-7-10(17)5-6-12(11)18-14(15)21;3-2(4,5)1(6)7/h1-7,20H,(H,18,21);(H,6,7). The molecule has 2 aromatic rings. The van der Waals surface area contributed by atoms with E-state index in [0.717, 1.165) is 10.0 Å². The summed E-state index contributed by atoms with van der Waals surface area (Å²) >= 11 is 4.67. The van der Waals surface area contributed by atoms with E-state index in [1.54, 1.807) is 6.07 Å². The smallest absolute Gasteiger partial charge is 0.475 e. The predicted octanol–water partition coefficient (Wildman–Crippen LogP) is 4.02. The van der Waals surface area contributed by atoms with Crippen molar-refractivity contribution in [1.29, 1.82) is 0 Å². The van der Waals surface area contributed by atoms with Gasteiger partial charge in [-0.15, -0.1) is 0 Å². The molecule has 4 rings (SSSR count). The minimum Gasteiger partial charge on any atom is -0.475 e. The zero-order valence-electron chi connectivity index (χ0n) is 14.1. The maximum atomic E-state index is 13.6. The van der Waals surface area contributed by atoms with Crippen molar-refractivity contribution in [3.05, 3.63) is 63.9 Å². The van der Waals surface area contributed by atoms with Crippen LogP contribution in [0.3, 0.4) is 0 Å². The van der Waals surface area contributed by atoms with E-state index < -0.39 is 17.0 Å². The molecule has 12 heteroatoms. The summed E-state index contributed by atoms with van der Waals surface area (Å²) in [7, 11) is 0. The summed E-state index contributed by atoms with van der Waals surface area (Å²) in [5, 5.41) is 14.9. The van der Waals surface area contributed by atoms with E-state index >= 15 is 0 Å². The summed E-state index contributed by atoms with van der Waals surface area (Å²) in [6.07, 6.45) is -5.08. The Balaban J connectivity index is 0.000000298. The van der Waals surface area contributed by atoms with E-state index in [4.69, 9.17) is 9.90 Å². The molecule has 1 amide bonds. The summed E-state index contributed by atoms with van der Waals surface area (Å²) in [4.78, 5) is 20.2. The van der Waals surface area contributed by atoms with Gasteiger partial charge in [-0.2, -0.15) is 18.3 Å². The second-order valence-electron chi connectivity index (χ2n) is 5.77. The second kappa shape index (κ2) is 7.67. The highest BCUT2D eigenvalue weighted by atomic mass is 79.9. The number of carboxylic acid groups (broad SMARTS) is 1. The normalized spacial score (nSPS) is 19.6. The van der Waals surface area contributed by atoms with Gasteiger partial charge in [0.1, 0.15) is 10.9 Å². The predicted molar refractivity (Wildman–Crippen MR) is 102 cm³/mol. The van der Waals surface area contributed by atoms with E-state index in [0.29, 0.717) is 16.3 Å². The van der Waals surface area contributed by atoms with Gasteiger partial charge in [-0.25, -0.2) is 9.18 Å². The van der Waals surface area contributed by atoms with Gasteiger partial charge in [0, 0.05) is 21.3 Å². The number of halogens is 5. The first kappa shape index (κ1) is 21.1. The molecular formula is C17H10BrF4N3O3S. The Labute approximate surface area is 173 Å². The zero-order chi connectivity index (χ0) is 21.4. The molecule has 2 aliphatic heterocycles. The fraction of sp³-hybridized carbons (Fsp3) is 0.118. The molecule has 0 aliphatic carbocycles. The molecule has 0 bridgehead atoms. The van der Waals surface area contributed by atoms with Crippen molar-refractivity contribution in [2.75, 3.05) is 5.32 Å². The third-order valence-corrected chi connectivity index (χ3v) is 5.68. The molecule has 1 spiro atoms. The van der Waals surface area contributed by atoms with Crippen LogP contribution in [0.1, 0.15) is 11.1 Å². The topological polar surface area (TPSA) is 90.8 Å². The molecule has 0 fully saturated rings. The zero-order valence-corrected chi connectivity index (χ0v) is 16.5. The van der Waals surface area contributed by atoms with Crippen LogP contribution in [0, 0.1) is 5.82 Å². The first-order chi connectivity index (χ1) is 13.5. The number of nitrogens with one attached hydrogen (secondary N) is 2. The van der Waals surface area contributed by atoms with Crippen LogP contribution in [0.15, 0.2) is 52.0 Å². The van der Waals surface area contributed by atoms with Gasteiger partial charge in [-0.1, -0.05) is 39.8 Å². The van der Waals surface area contributed by atoms with E-state index in [2.05, 4.69) is 31.8 Å². The van der Waals surface area contributed by atoms with E-state index in [1.807, 2.05) is 24.3 Å². The molecule has 0 saturated carbocycles. The largest absolute Gasteiger partial charge is 0.490 e. The number of anilines is 1. The fourth-order valence-corrected chi connectivity index (χ4v) is 3.91. The maximum absolute atomic E-state index is 13.6. The first-order valence-electron chi connectivity index (χ1n) is 7.74. The van der Waals surface area contributed by atoms with Gasteiger partial charge in [-0.05, 0) is 30.3 Å². The van der Waals surface area contributed by atoms with Gasteiger partial charge in [0.15, 0.2) is 0 Å². The molecule has 2 heterocycles. The van der Waals surface area contributed by atoms with Crippen molar-refractivity contribution >= 4 is 50.3 Å². The Morgan fingerprint density at radius 1 is 1.17 bits per heavy atom. The van der Waals surface area contributed by atoms with Crippen LogP contribution >= 0.6 is 27.7 Å². The Morgan fingerprint density at radius 3 is 2.38 bits per heavy atom. The molecule has 1 atom stereocenters. The molecular weight excluding hydrogens is 482 g/mol. The lowest BCUT2D eigenvalue weighted by Gasteiger charge is -2.19. The minimum atomic E-state index is -5.08. The third-order valence-electron chi connectivity index (χ3n) is 3.83. The van der Waals surface area contributed by atoms with Gasteiger partial charge < -0.3 is 10.4 Å². The van der Waals surface area contributed by atoms with E-state index in [9.17, 15) is 22.4 Å². The van der Waals surface area contributed by atoms with Crippen molar-refractivity contribution in [3.8, 4) is 0 Å². The maximum Gasteiger partial charge on any atom is 0.490 e. The Hall–Kier alpha value is -2.60. The summed E-state index contributed by atoms with van der Waals surface area (Å²) in [6, 6.07) is 11.9. The van der Waals surface area contributed by atoms with Crippen LogP contribution in [0.2, 0.25) is 0 Å². The monoisotopic (exact) mass is 491 g/mol. The number of amides is 1. The number of carbonyl (C=O) groups is 2. The van der Waals surface area contributed by atoms with Crippen LogP contribution in [0.5, 0.6) is 0 Å². The number of nitrogens with zero attached hydrogens (tertiary/aromatic N) is 1. The number of aliphatic carboxylic acids is 1. The number of fused-ring (bicyclic) bond motifs is 2. The number of hydrogen-bond acceptors (Lipinski definition) is 5. The number of carbonyl (C=O) groups excluding carboxylic acids is 1. The molecule has 1 unspecified atom stereocenters. The number of carboxylic acids is 1. The number of rotatable bonds is 1. The van der Waals surface area contributed by atoms with Gasteiger partial charge in [-0.3, -0.25) is 10.2 Å². The van der Waals surface area contributed by atoms with E-state index in [1.165, 1.54) is 23.9 Å². The summed E-state index contributed by atoms with van der Waals surface area (Å²) in [5.41, 5.74) is 4.96. The Morgan fingerprint density at radius 2 is 1.79 bits per heavy atom.